The normalized spacial score (nSPS) is 11.1. The monoisotopic (exact) mass is 526 g/mol. The molecule has 0 radical (unpaired) electrons. The van der Waals surface area contributed by atoms with Crippen LogP contribution in [0.1, 0.15) is 5.56 Å². The zero-order valence-corrected chi connectivity index (χ0v) is 22.8. The van der Waals surface area contributed by atoms with Crippen LogP contribution in [0.4, 0.5) is 0 Å². The molecule has 0 N–H and O–H groups in total. The minimum Gasteiger partial charge on any atom is -0.264 e. The number of aromatic nitrogens is 2. The minimum atomic E-state index is 0.792. The summed E-state index contributed by atoms with van der Waals surface area (Å²) in [4.78, 5) is 0. The molecule has 0 fully saturated rings. The van der Waals surface area contributed by atoms with E-state index in [1.807, 2.05) is 0 Å². The second kappa shape index (κ2) is 11.1. The molecule has 7 rings (SSSR count). The Kier molecular flexibility index (Phi) is 6.72. The highest BCUT2D eigenvalue weighted by Gasteiger charge is 2.26. The van der Waals surface area contributed by atoms with Crippen molar-refractivity contribution >= 4 is 10.9 Å². The van der Waals surface area contributed by atoms with Crippen molar-refractivity contribution in [1.82, 2.24) is 9.78 Å². The summed E-state index contributed by atoms with van der Waals surface area (Å²) >= 11 is 0. The van der Waals surface area contributed by atoms with Gasteiger partial charge in [0.1, 0.15) is 0 Å². The third-order valence-electron chi connectivity index (χ3n) is 7.80. The summed E-state index contributed by atoms with van der Waals surface area (Å²) in [6.45, 7) is 0.792. The highest BCUT2D eigenvalue weighted by atomic mass is 15.3. The first-order valence-electron chi connectivity index (χ1n) is 14.2. The summed E-state index contributed by atoms with van der Waals surface area (Å²) in [5.74, 6) is 0. The Morgan fingerprint density at radius 1 is 0.415 bits per heavy atom. The van der Waals surface area contributed by atoms with Crippen LogP contribution < -0.4 is 0 Å². The summed E-state index contributed by atoms with van der Waals surface area (Å²) in [6, 6.07) is 53.9. The van der Waals surface area contributed by atoms with Crippen molar-refractivity contribution in [2.24, 2.45) is 0 Å². The number of hydrogen-bond acceptors (Lipinski definition) is 1. The second-order valence-corrected chi connectivity index (χ2v) is 10.3. The molecule has 0 spiro atoms. The summed E-state index contributed by atoms with van der Waals surface area (Å²) in [5, 5.41) is 6.24. The summed E-state index contributed by atoms with van der Waals surface area (Å²) < 4.78 is 2.22. The Bertz CT molecular complexity index is 1890. The van der Waals surface area contributed by atoms with Crippen molar-refractivity contribution in [1.29, 1.82) is 0 Å². The van der Waals surface area contributed by atoms with E-state index in [4.69, 9.17) is 5.10 Å². The quantitative estimate of drug-likeness (QED) is 0.202. The van der Waals surface area contributed by atoms with E-state index in [0.717, 1.165) is 13.0 Å². The van der Waals surface area contributed by atoms with Crippen LogP contribution in [0.25, 0.3) is 55.4 Å². The van der Waals surface area contributed by atoms with Gasteiger partial charge in [-0.2, -0.15) is 5.10 Å². The Morgan fingerprint density at radius 2 is 0.805 bits per heavy atom. The third-order valence-corrected chi connectivity index (χ3v) is 7.80. The molecule has 7 aromatic rings. The first kappa shape index (κ1) is 24.8. The fraction of sp³-hybridized carbons (Fsp3) is 0.0513. The molecule has 0 saturated heterocycles. The van der Waals surface area contributed by atoms with Crippen LogP contribution >= 0.6 is 0 Å². The molecular weight excluding hydrogens is 496 g/mol. The summed E-state index contributed by atoms with van der Waals surface area (Å²) in [5.41, 5.74) is 12.2. The third kappa shape index (κ3) is 4.74. The van der Waals surface area contributed by atoms with E-state index in [1.165, 1.54) is 61.0 Å². The number of benzene rings is 6. The average Bonchev–Trinajstić information content (AvgIpc) is 3.48. The van der Waals surface area contributed by atoms with Crippen molar-refractivity contribution in [3.05, 3.63) is 163 Å². The lowest BCUT2D eigenvalue weighted by Gasteiger charge is -2.23. The van der Waals surface area contributed by atoms with Crippen LogP contribution in [0.15, 0.2) is 158 Å². The molecule has 0 bridgehead atoms. The van der Waals surface area contributed by atoms with E-state index in [-0.39, 0.29) is 0 Å². The lowest BCUT2D eigenvalue weighted by atomic mass is 9.80. The van der Waals surface area contributed by atoms with Crippen molar-refractivity contribution < 1.29 is 0 Å². The zero-order valence-electron chi connectivity index (χ0n) is 22.8. The molecule has 0 amide bonds. The topological polar surface area (TPSA) is 17.8 Å². The van der Waals surface area contributed by atoms with Gasteiger partial charge in [-0.05, 0) is 39.8 Å². The highest BCUT2D eigenvalue weighted by molar-refractivity contribution is 6.17. The molecule has 196 valence electrons. The van der Waals surface area contributed by atoms with Gasteiger partial charge in [0, 0.05) is 28.6 Å². The maximum absolute atomic E-state index is 5.07. The van der Waals surface area contributed by atoms with E-state index in [1.54, 1.807) is 0 Å². The van der Waals surface area contributed by atoms with Crippen LogP contribution in [0.3, 0.4) is 0 Å². The van der Waals surface area contributed by atoms with Gasteiger partial charge >= 0.3 is 0 Å². The maximum atomic E-state index is 5.07. The second-order valence-electron chi connectivity index (χ2n) is 10.3. The van der Waals surface area contributed by atoms with Crippen LogP contribution in [0, 0.1) is 0 Å². The minimum absolute atomic E-state index is 0.792. The van der Waals surface area contributed by atoms with E-state index in [0.29, 0.717) is 0 Å². The number of hydrogen-bond donors (Lipinski definition) is 0. The molecule has 41 heavy (non-hydrogen) atoms. The van der Waals surface area contributed by atoms with Crippen LogP contribution in [-0.4, -0.2) is 9.78 Å². The van der Waals surface area contributed by atoms with Crippen LogP contribution in [-0.2, 0) is 13.0 Å². The molecule has 6 aromatic carbocycles. The molecule has 0 aliphatic rings. The molecule has 2 heteroatoms. The lowest BCUT2D eigenvalue weighted by molar-refractivity contribution is 0.636. The van der Waals surface area contributed by atoms with E-state index in [2.05, 4.69) is 163 Å². The Balaban J connectivity index is 1.63. The maximum Gasteiger partial charge on any atom is 0.0773 e. The first-order valence-corrected chi connectivity index (χ1v) is 14.2. The van der Waals surface area contributed by atoms with Crippen molar-refractivity contribution in [2.75, 3.05) is 0 Å². The zero-order chi connectivity index (χ0) is 27.4. The average molecular weight is 527 g/mol. The molecule has 0 aliphatic heterocycles. The van der Waals surface area contributed by atoms with Gasteiger partial charge in [0.05, 0.1) is 11.7 Å². The number of nitrogens with zero attached hydrogens (tertiary/aromatic N) is 2. The van der Waals surface area contributed by atoms with E-state index in [9.17, 15) is 0 Å². The predicted octanol–water partition coefficient (Wildman–Crippen LogP) is 9.95. The highest BCUT2D eigenvalue weighted by Crippen LogP contribution is 2.50. The lowest BCUT2D eigenvalue weighted by Crippen LogP contribution is -2.05. The Morgan fingerprint density at radius 3 is 1.29 bits per heavy atom. The fourth-order valence-electron chi connectivity index (χ4n) is 5.96. The molecule has 0 aliphatic carbocycles. The van der Waals surface area contributed by atoms with Crippen molar-refractivity contribution in [3.63, 3.8) is 0 Å². The molecule has 1 heterocycles. The van der Waals surface area contributed by atoms with Crippen LogP contribution in [0.2, 0.25) is 0 Å². The standard InChI is InChI=1S/C39H30N2/c1-6-16-29(17-7-1)26-27-41-39-34(28-40-41)35(30-18-8-2-9-19-30)36(31-20-10-3-11-21-31)37(32-22-12-4-13-23-32)38(39)33-24-14-5-15-25-33/h1-25,28H,26-27H2. The van der Waals surface area contributed by atoms with Gasteiger partial charge in [-0.15, -0.1) is 0 Å². The predicted molar refractivity (Wildman–Crippen MR) is 172 cm³/mol. The van der Waals surface area contributed by atoms with Gasteiger partial charge in [0.25, 0.3) is 0 Å². The fourth-order valence-corrected chi connectivity index (χ4v) is 5.96. The molecular formula is C39H30N2. The Labute approximate surface area is 241 Å². The summed E-state index contributed by atoms with van der Waals surface area (Å²) in [6.07, 6.45) is 2.99. The SMILES string of the molecule is c1ccc(CCn2ncc3c(-c4ccccc4)c(-c4ccccc4)c(-c4ccccc4)c(-c4ccccc4)c32)cc1. The van der Waals surface area contributed by atoms with Gasteiger partial charge in [-0.25, -0.2) is 0 Å². The van der Waals surface area contributed by atoms with Gasteiger partial charge in [0.15, 0.2) is 0 Å². The van der Waals surface area contributed by atoms with Crippen LogP contribution in [0.5, 0.6) is 0 Å². The molecule has 2 nitrogen and oxygen atoms in total. The van der Waals surface area contributed by atoms with Crippen molar-refractivity contribution in [3.8, 4) is 44.5 Å². The number of rotatable bonds is 7. The van der Waals surface area contributed by atoms with Gasteiger partial charge < -0.3 is 0 Å². The van der Waals surface area contributed by atoms with E-state index >= 15 is 0 Å². The van der Waals surface area contributed by atoms with Gasteiger partial charge in [-0.3, -0.25) is 4.68 Å². The summed E-state index contributed by atoms with van der Waals surface area (Å²) in [7, 11) is 0. The molecule has 0 atom stereocenters. The molecule has 1 aromatic heterocycles. The largest absolute Gasteiger partial charge is 0.264 e. The van der Waals surface area contributed by atoms with Crippen molar-refractivity contribution in [2.45, 2.75) is 13.0 Å². The Hall–Kier alpha value is -5.21. The number of aryl methyl sites for hydroxylation is 2. The first-order chi connectivity index (χ1) is 20.4. The van der Waals surface area contributed by atoms with Gasteiger partial charge in [0.2, 0.25) is 0 Å². The number of fused-ring (bicyclic) bond motifs is 1. The molecule has 0 unspecified atom stereocenters. The van der Waals surface area contributed by atoms with Gasteiger partial charge in [-0.1, -0.05) is 152 Å². The smallest absolute Gasteiger partial charge is 0.0773 e. The molecule has 0 saturated carbocycles. The van der Waals surface area contributed by atoms with E-state index < -0.39 is 0 Å².